The molecule has 0 spiro atoms. The van der Waals surface area contributed by atoms with E-state index in [1.165, 1.54) is 38.8 Å². The van der Waals surface area contributed by atoms with Crippen LogP contribution in [-0.4, -0.2) is 73.6 Å². The number of aromatic amines is 1. The Balaban J connectivity index is 1.22. The summed E-state index contributed by atoms with van der Waals surface area (Å²) in [5.74, 6) is 0. The van der Waals surface area contributed by atoms with Crippen LogP contribution in [0.25, 0.3) is 11.3 Å². The van der Waals surface area contributed by atoms with Gasteiger partial charge >= 0.3 is 0 Å². The smallest absolute Gasteiger partial charge is 0.250 e. The number of hydrogen-bond donors (Lipinski definition) is 3. The Bertz CT molecular complexity index is 1340. The summed E-state index contributed by atoms with van der Waals surface area (Å²) in [4.78, 5) is 25.1. The van der Waals surface area contributed by atoms with Crippen molar-refractivity contribution in [1.29, 1.82) is 0 Å². The van der Waals surface area contributed by atoms with E-state index in [-0.39, 0.29) is 18.2 Å². The number of pyridine rings is 1. The van der Waals surface area contributed by atoms with E-state index < -0.39 is 0 Å². The van der Waals surface area contributed by atoms with E-state index in [2.05, 4.69) is 62.6 Å². The summed E-state index contributed by atoms with van der Waals surface area (Å²) in [5.41, 5.74) is 3.78. The predicted molar refractivity (Wildman–Crippen MR) is 155 cm³/mol. The molecule has 1 atom stereocenters. The van der Waals surface area contributed by atoms with E-state index in [1.54, 1.807) is 29.6 Å². The van der Waals surface area contributed by atoms with E-state index in [0.717, 1.165) is 55.4 Å². The average molecular weight is 551 g/mol. The van der Waals surface area contributed by atoms with Crippen molar-refractivity contribution in [1.82, 2.24) is 9.88 Å². The fourth-order valence-electron chi connectivity index (χ4n) is 5.42. The van der Waals surface area contributed by atoms with Crippen molar-refractivity contribution in [2.24, 2.45) is 0 Å². The summed E-state index contributed by atoms with van der Waals surface area (Å²) < 4.78 is 5.49. The fraction of sp³-hybridized carbons (Fsp3) is 0.414. The number of hydrogen-bond acceptors (Lipinski definition) is 8. The van der Waals surface area contributed by atoms with Gasteiger partial charge in [-0.05, 0) is 56.3 Å². The van der Waals surface area contributed by atoms with Crippen LogP contribution in [-0.2, 0) is 4.74 Å². The zero-order chi connectivity index (χ0) is 25.9. The van der Waals surface area contributed by atoms with Gasteiger partial charge in [-0.25, -0.2) is 0 Å². The lowest BCUT2D eigenvalue weighted by Crippen LogP contribution is -2.41. The average Bonchev–Trinajstić information content (AvgIpc) is 2.96. The van der Waals surface area contributed by atoms with Crippen LogP contribution in [0.4, 0.5) is 11.4 Å². The molecule has 1 aromatic heterocycles. The van der Waals surface area contributed by atoms with Crippen molar-refractivity contribution in [2.45, 2.75) is 44.9 Å². The molecule has 2 aromatic carbocycles. The monoisotopic (exact) mass is 550 g/mol. The first kappa shape index (κ1) is 25.8. The number of ether oxygens (including phenoxy) is 1. The molecule has 6 rings (SSSR count). The molecule has 0 saturated carbocycles. The lowest BCUT2D eigenvalue weighted by atomic mass is 10.1. The number of rotatable bonds is 7. The molecule has 3 aliphatic rings. The minimum absolute atomic E-state index is 0.0156. The van der Waals surface area contributed by atoms with Gasteiger partial charge in [-0.3, -0.25) is 4.79 Å². The third-order valence-electron chi connectivity index (χ3n) is 7.37. The van der Waals surface area contributed by atoms with Crippen molar-refractivity contribution < 1.29 is 9.84 Å². The zero-order valence-corrected chi connectivity index (χ0v) is 23.1. The Hall–Kier alpha value is -2.43. The molecule has 7 nitrogen and oxygen atoms in total. The number of likely N-dealkylation sites (tertiary alicyclic amines) is 1. The summed E-state index contributed by atoms with van der Waals surface area (Å²) in [6.45, 7) is 6.16. The summed E-state index contributed by atoms with van der Waals surface area (Å²) in [6.07, 6.45) is 3.81. The van der Waals surface area contributed by atoms with E-state index in [4.69, 9.17) is 4.74 Å². The van der Waals surface area contributed by atoms with E-state index in [9.17, 15) is 9.90 Å². The van der Waals surface area contributed by atoms with Crippen LogP contribution in [0.1, 0.15) is 19.3 Å². The number of aliphatic hydroxyl groups excluding tert-OH is 1. The number of nitrogens with one attached hydrogen (secondary N) is 2. The highest BCUT2D eigenvalue weighted by Crippen LogP contribution is 2.52. The first-order valence-corrected chi connectivity index (χ1v) is 15.1. The van der Waals surface area contributed by atoms with Gasteiger partial charge in [0, 0.05) is 62.2 Å². The van der Waals surface area contributed by atoms with Crippen LogP contribution < -0.4 is 15.8 Å². The van der Waals surface area contributed by atoms with Gasteiger partial charge in [0.15, 0.2) is 0 Å². The van der Waals surface area contributed by atoms with Gasteiger partial charge in [0.1, 0.15) is 0 Å². The Morgan fingerprint density at radius 3 is 2.61 bits per heavy atom. The minimum atomic E-state index is -0.0887. The highest BCUT2D eigenvalue weighted by molar-refractivity contribution is 8.05. The number of aromatic nitrogens is 1. The molecule has 2 saturated heterocycles. The number of benzene rings is 2. The van der Waals surface area contributed by atoms with Crippen LogP contribution in [0.15, 0.2) is 72.9 Å². The molecule has 3 N–H and O–H groups in total. The van der Waals surface area contributed by atoms with Gasteiger partial charge in [-0.2, -0.15) is 0 Å². The van der Waals surface area contributed by atoms with E-state index in [1.807, 2.05) is 0 Å². The van der Waals surface area contributed by atoms with Crippen LogP contribution in [0.5, 0.6) is 0 Å². The molecular weight excluding hydrogens is 516 g/mol. The second-order valence-electron chi connectivity index (χ2n) is 10.1. The van der Waals surface area contributed by atoms with Crippen LogP contribution in [0, 0.1) is 0 Å². The maximum Gasteiger partial charge on any atom is 0.250 e. The topological polar surface area (TPSA) is 80.8 Å². The third-order valence-corrected chi connectivity index (χ3v) is 9.96. The van der Waals surface area contributed by atoms with Gasteiger partial charge in [0.05, 0.1) is 31.6 Å². The zero-order valence-electron chi connectivity index (χ0n) is 21.4. The summed E-state index contributed by atoms with van der Waals surface area (Å²) in [7, 11) is 0. The molecule has 2 fully saturated rings. The molecule has 3 aromatic rings. The molecule has 0 amide bonds. The minimum Gasteiger partial charge on any atom is -0.394 e. The molecule has 1 unspecified atom stereocenters. The van der Waals surface area contributed by atoms with E-state index in [0.29, 0.717) is 13.2 Å². The largest absolute Gasteiger partial charge is 0.394 e. The lowest BCUT2D eigenvalue weighted by Gasteiger charge is -2.30. The molecule has 9 heteroatoms. The van der Waals surface area contributed by atoms with Gasteiger partial charge in [0.25, 0.3) is 0 Å². The number of morpholine rings is 1. The second-order valence-corrected chi connectivity index (χ2v) is 12.2. The summed E-state index contributed by atoms with van der Waals surface area (Å²) in [6, 6.07) is 16.6. The van der Waals surface area contributed by atoms with Crippen molar-refractivity contribution >= 4 is 34.9 Å². The van der Waals surface area contributed by atoms with Crippen LogP contribution in [0.2, 0.25) is 0 Å². The SMILES string of the molecule is O=c1cc(N2CCOCC2)cc(-c2cccc3c2Sc2ccc(NC(CO)CN4CCCCC4)cc2S3)[nH]1. The molecular formula is C29H34N4O3S2. The maximum atomic E-state index is 12.6. The predicted octanol–water partition coefficient (Wildman–Crippen LogP) is 4.75. The number of aliphatic hydroxyl groups is 1. The van der Waals surface area contributed by atoms with Gasteiger partial charge in [0.2, 0.25) is 5.56 Å². The number of nitrogens with zero attached hydrogens (tertiary/aromatic N) is 2. The standard InChI is InChI=1S/C29H34N4O3S2/c34-19-21(18-32-9-2-1-3-10-32)30-20-7-8-25-27(15-20)37-26-6-4-5-23(29(26)38-25)24-16-22(17-28(35)31-24)33-11-13-36-14-12-33/h4-8,15-17,21,30,34H,1-3,9-14,18-19H2,(H,31,35). The molecule has 4 heterocycles. The summed E-state index contributed by atoms with van der Waals surface area (Å²) in [5, 5.41) is 13.6. The normalized spacial score (nSPS) is 18.5. The molecule has 0 radical (unpaired) electrons. The number of H-pyrrole nitrogens is 1. The molecule has 38 heavy (non-hydrogen) atoms. The quantitative estimate of drug-likeness (QED) is 0.304. The first-order valence-electron chi connectivity index (χ1n) is 13.5. The molecule has 0 bridgehead atoms. The number of fused-ring (bicyclic) bond motifs is 2. The second kappa shape index (κ2) is 11.8. The van der Waals surface area contributed by atoms with Gasteiger partial charge in [-0.15, -0.1) is 0 Å². The Labute approximate surface area is 232 Å². The highest BCUT2D eigenvalue weighted by Gasteiger charge is 2.23. The lowest BCUT2D eigenvalue weighted by molar-refractivity contribution is 0.122. The Kier molecular flexibility index (Phi) is 7.99. The maximum absolute atomic E-state index is 12.6. The molecule has 200 valence electrons. The van der Waals surface area contributed by atoms with Crippen molar-refractivity contribution in [3.05, 3.63) is 58.9 Å². The van der Waals surface area contributed by atoms with Gasteiger partial charge < -0.3 is 29.9 Å². The summed E-state index contributed by atoms with van der Waals surface area (Å²) >= 11 is 3.51. The Morgan fingerprint density at radius 1 is 0.947 bits per heavy atom. The molecule has 0 aliphatic carbocycles. The fourth-order valence-corrected chi connectivity index (χ4v) is 7.83. The van der Waals surface area contributed by atoms with Crippen molar-refractivity contribution in [3.63, 3.8) is 0 Å². The molecule has 3 aliphatic heterocycles. The van der Waals surface area contributed by atoms with Crippen molar-refractivity contribution in [2.75, 3.05) is 62.8 Å². The Morgan fingerprint density at radius 2 is 1.79 bits per heavy atom. The van der Waals surface area contributed by atoms with Gasteiger partial charge in [-0.1, -0.05) is 42.1 Å². The van der Waals surface area contributed by atoms with Crippen molar-refractivity contribution in [3.8, 4) is 11.3 Å². The number of piperidine rings is 1. The highest BCUT2D eigenvalue weighted by atomic mass is 32.2. The van der Waals surface area contributed by atoms with E-state index >= 15 is 0 Å². The first-order chi connectivity index (χ1) is 18.7. The third kappa shape index (κ3) is 5.77. The number of anilines is 2. The van der Waals surface area contributed by atoms with Crippen LogP contribution in [0.3, 0.4) is 0 Å². The van der Waals surface area contributed by atoms with Crippen LogP contribution >= 0.6 is 23.5 Å².